The van der Waals surface area contributed by atoms with Crippen LogP contribution >= 0.6 is 0 Å². The molecule has 1 aromatic carbocycles. The summed E-state index contributed by atoms with van der Waals surface area (Å²) < 4.78 is 0. The summed E-state index contributed by atoms with van der Waals surface area (Å²) in [7, 11) is 0. The third-order valence-corrected chi connectivity index (χ3v) is 6.06. The molecule has 1 amide bonds. The first-order valence-electron chi connectivity index (χ1n) is 10.9. The van der Waals surface area contributed by atoms with Gasteiger partial charge in [-0.3, -0.25) is 14.6 Å². The number of aromatic amines is 1. The van der Waals surface area contributed by atoms with Crippen LogP contribution in [0, 0.1) is 0 Å². The van der Waals surface area contributed by atoms with Gasteiger partial charge in [-0.25, -0.2) is 0 Å². The second kappa shape index (κ2) is 8.78. The van der Waals surface area contributed by atoms with Gasteiger partial charge in [-0.2, -0.15) is 0 Å². The fourth-order valence-corrected chi connectivity index (χ4v) is 4.38. The smallest absolute Gasteiger partial charge is 0.252 e. The zero-order valence-corrected chi connectivity index (χ0v) is 17.6. The standard InChI is InChI=1S/C25H24N4O3/c30-24(27-14-19-11-23(29-32-19)16-6-2-1-3-7-16)18-10-17(12-26-13-18)22-15-28-25(31)21-9-5-4-8-20(21)22/h1-3,6-7,10,12-13,15,19H,4-5,8-9,11,14H2,(H,27,30)(H,28,31). The summed E-state index contributed by atoms with van der Waals surface area (Å²) in [4.78, 5) is 37.6. The van der Waals surface area contributed by atoms with Gasteiger partial charge in [0.1, 0.15) is 6.10 Å². The molecule has 1 aliphatic heterocycles. The Morgan fingerprint density at radius 2 is 1.91 bits per heavy atom. The highest BCUT2D eigenvalue weighted by Crippen LogP contribution is 2.29. The molecule has 2 aliphatic rings. The van der Waals surface area contributed by atoms with Crippen molar-refractivity contribution in [1.82, 2.24) is 15.3 Å². The number of fused-ring (bicyclic) bond motifs is 1. The lowest BCUT2D eigenvalue weighted by Gasteiger charge is -2.18. The van der Waals surface area contributed by atoms with Gasteiger partial charge in [0, 0.05) is 41.7 Å². The Bertz CT molecular complexity index is 1230. The van der Waals surface area contributed by atoms with E-state index in [4.69, 9.17) is 4.84 Å². The topological polar surface area (TPSA) is 96.4 Å². The average molecular weight is 428 g/mol. The Morgan fingerprint density at radius 1 is 1.09 bits per heavy atom. The lowest BCUT2D eigenvalue weighted by atomic mass is 9.88. The molecule has 1 atom stereocenters. The van der Waals surface area contributed by atoms with Gasteiger partial charge in [-0.05, 0) is 42.9 Å². The van der Waals surface area contributed by atoms with Crippen molar-refractivity contribution in [2.75, 3.05) is 6.54 Å². The van der Waals surface area contributed by atoms with Crippen LogP contribution in [0.1, 0.15) is 46.3 Å². The van der Waals surface area contributed by atoms with Crippen molar-refractivity contribution in [1.29, 1.82) is 0 Å². The van der Waals surface area contributed by atoms with Gasteiger partial charge in [-0.15, -0.1) is 0 Å². The molecule has 2 N–H and O–H groups in total. The molecule has 7 nitrogen and oxygen atoms in total. The SMILES string of the molecule is O=C(NCC1CC(c2ccccc2)=NO1)c1cncc(-c2c[nH]c(=O)c3c2CCCC3)c1. The lowest BCUT2D eigenvalue weighted by molar-refractivity contribution is 0.0753. The quantitative estimate of drug-likeness (QED) is 0.652. The number of nitrogens with one attached hydrogen (secondary N) is 2. The van der Waals surface area contributed by atoms with Crippen LogP contribution in [0.2, 0.25) is 0 Å². The number of aromatic nitrogens is 2. The number of nitrogens with zero attached hydrogens (tertiary/aromatic N) is 2. The van der Waals surface area contributed by atoms with E-state index in [1.807, 2.05) is 36.4 Å². The van der Waals surface area contributed by atoms with Crippen LogP contribution in [0.4, 0.5) is 0 Å². The third-order valence-electron chi connectivity index (χ3n) is 6.06. The van der Waals surface area contributed by atoms with Gasteiger partial charge in [-0.1, -0.05) is 35.5 Å². The van der Waals surface area contributed by atoms with Crippen molar-refractivity contribution in [3.05, 3.63) is 87.6 Å². The predicted molar refractivity (Wildman–Crippen MR) is 122 cm³/mol. The molecule has 1 aliphatic carbocycles. The molecule has 0 bridgehead atoms. The lowest BCUT2D eigenvalue weighted by Crippen LogP contribution is -2.32. The Hall–Kier alpha value is -3.74. The van der Waals surface area contributed by atoms with Gasteiger partial charge in [0.05, 0.1) is 17.8 Å². The first-order chi connectivity index (χ1) is 15.7. The normalized spacial score (nSPS) is 17.2. The van der Waals surface area contributed by atoms with Crippen molar-refractivity contribution in [2.45, 2.75) is 38.2 Å². The first-order valence-corrected chi connectivity index (χ1v) is 10.9. The maximum atomic E-state index is 12.8. The van der Waals surface area contributed by atoms with Crippen LogP contribution in [0.3, 0.4) is 0 Å². The fraction of sp³-hybridized carbons (Fsp3) is 0.280. The van der Waals surface area contributed by atoms with E-state index in [-0.39, 0.29) is 17.6 Å². The van der Waals surface area contributed by atoms with E-state index < -0.39 is 0 Å². The minimum atomic E-state index is -0.214. The predicted octanol–water partition coefficient (Wildman–Crippen LogP) is 3.24. The summed E-state index contributed by atoms with van der Waals surface area (Å²) in [6.45, 7) is 0.358. The molecule has 5 rings (SSSR count). The van der Waals surface area contributed by atoms with E-state index in [9.17, 15) is 9.59 Å². The van der Waals surface area contributed by atoms with E-state index in [1.54, 1.807) is 18.6 Å². The van der Waals surface area contributed by atoms with Crippen molar-refractivity contribution in [3.8, 4) is 11.1 Å². The molecule has 3 aromatic rings. The van der Waals surface area contributed by atoms with Crippen LogP contribution in [0.5, 0.6) is 0 Å². The number of hydrogen-bond acceptors (Lipinski definition) is 5. The molecule has 0 saturated carbocycles. The van der Waals surface area contributed by atoms with Gasteiger partial charge in [0.15, 0.2) is 0 Å². The zero-order chi connectivity index (χ0) is 21.9. The molecule has 1 unspecified atom stereocenters. The Balaban J connectivity index is 1.27. The zero-order valence-electron chi connectivity index (χ0n) is 17.6. The average Bonchev–Trinajstić information content (AvgIpc) is 3.33. The van der Waals surface area contributed by atoms with E-state index in [2.05, 4.69) is 20.4 Å². The second-order valence-corrected chi connectivity index (χ2v) is 8.20. The Morgan fingerprint density at radius 3 is 2.75 bits per heavy atom. The summed E-state index contributed by atoms with van der Waals surface area (Å²) in [5, 5.41) is 7.09. The third kappa shape index (κ3) is 4.06. The highest BCUT2D eigenvalue weighted by molar-refractivity contribution is 6.01. The highest BCUT2D eigenvalue weighted by Gasteiger charge is 2.23. The number of H-pyrrole nitrogens is 1. The molecule has 0 radical (unpaired) electrons. The molecule has 2 aromatic heterocycles. The molecule has 0 spiro atoms. The van der Waals surface area contributed by atoms with Gasteiger partial charge < -0.3 is 15.1 Å². The highest BCUT2D eigenvalue weighted by atomic mass is 16.6. The number of carbonyl (C=O) groups excluding carboxylic acids is 1. The molecule has 162 valence electrons. The number of amides is 1. The number of oxime groups is 1. The number of hydrogen-bond donors (Lipinski definition) is 2. The van der Waals surface area contributed by atoms with E-state index >= 15 is 0 Å². The molecule has 0 saturated heterocycles. The monoisotopic (exact) mass is 428 g/mol. The number of carbonyl (C=O) groups is 1. The number of rotatable bonds is 5. The second-order valence-electron chi connectivity index (χ2n) is 8.20. The van der Waals surface area contributed by atoms with E-state index in [0.717, 1.165) is 59.2 Å². The molecule has 3 heterocycles. The number of pyridine rings is 2. The summed E-state index contributed by atoms with van der Waals surface area (Å²) in [5.41, 5.74) is 6.08. The summed E-state index contributed by atoms with van der Waals surface area (Å²) in [6, 6.07) is 11.7. The van der Waals surface area contributed by atoms with Crippen LogP contribution in [0.15, 0.2) is 64.9 Å². The fourth-order valence-electron chi connectivity index (χ4n) is 4.38. The van der Waals surface area contributed by atoms with Crippen molar-refractivity contribution in [3.63, 3.8) is 0 Å². The Labute approximate surface area is 185 Å². The Kier molecular flexibility index (Phi) is 5.54. The summed E-state index contributed by atoms with van der Waals surface area (Å²) >= 11 is 0. The van der Waals surface area contributed by atoms with Gasteiger partial charge in [0.2, 0.25) is 0 Å². The molecule has 32 heavy (non-hydrogen) atoms. The van der Waals surface area contributed by atoms with Crippen molar-refractivity contribution < 1.29 is 9.63 Å². The summed E-state index contributed by atoms with van der Waals surface area (Å²) in [5.74, 6) is -0.214. The summed E-state index contributed by atoms with van der Waals surface area (Å²) in [6.07, 6.45) is 9.22. The van der Waals surface area contributed by atoms with Crippen LogP contribution in [-0.2, 0) is 17.7 Å². The largest absolute Gasteiger partial charge is 0.390 e. The van der Waals surface area contributed by atoms with Crippen molar-refractivity contribution >= 4 is 11.6 Å². The minimum Gasteiger partial charge on any atom is -0.390 e. The van der Waals surface area contributed by atoms with Crippen LogP contribution in [0.25, 0.3) is 11.1 Å². The molecular weight excluding hydrogens is 404 g/mol. The molecular formula is C25H24N4O3. The number of benzene rings is 1. The van der Waals surface area contributed by atoms with Crippen LogP contribution < -0.4 is 10.9 Å². The van der Waals surface area contributed by atoms with Gasteiger partial charge >= 0.3 is 0 Å². The first kappa shape index (κ1) is 20.2. The maximum Gasteiger partial charge on any atom is 0.252 e. The van der Waals surface area contributed by atoms with E-state index in [0.29, 0.717) is 18.5 Å². The maximum absolute atomic E-state index is 12.8. The molecule has 0 fully saturated rings. The minimum absolute atomic E-state index is 0.0149. The van der Waals surface area contributed by atoms with Crippen LogP contribution in [-0.4, -0.2) is 34.2 Å². The van der Waals surface area contributed by atoms with E-state index in [1.165, 1.54) is 0 Å². The molecule has 7 heteroatoms. The van der Waals surface area contributed by atoms with Gasteiger partial charge in [0.25, 0.3) is 11.5 Å². The van der Waals surface area contributed by atoms with Crippen molar-refractivity contribution in [2.24, 2.45) is 5.16 Å².